The fourth-order valence-corrected chi connectivity index (χ4v) is 1.81. The average molecular weight is 295 g/mol. The molecule has 21 heavy (non-hydrogen) atoms. The number of carbonyl (C=O) groups excluding carboxylic acids is 1. The Morgan fingerprint density at radius 1 is 1.48 bits per heavy atom. The number of nitro benzene ring substituents is 1. The molecule has 1 aromatic carbocycles. The third kappa shape index (κ3) is 5.49. The summed E-state index contributed by atoms with van der Waals surface area (Å²) in [5.41, 5.74) is 1.48. The summed E-state index contributed by atoms with van der Waals surface area (Å²) >= 11 is 0. The van der Waals surface area contributed by atoms with Crippen LogP contribution in [0.15, 0.2) is 18.2 Å². The highest BCUT2D eigenvalue weighted by Crippen LogP contribution is 2.22. The third-order valence-electron chi connectivity index (χ3n) is 3.13. The van der Waals surface area contributed by atoms with E-state index in [1.807, 2.05) is 13.0 Å². The normalized spacial score (nSPS) is 12.0. The van der Waals surface area contributed by atoms with Gasteiger partial charge in [0.05, 0.1) is 18.1 Å². The molecular weight excluding hydrogens is 274 g/mol. The number of amides is 1. The molecule has 0 aromatic heterocycles. The minimum absolute atomic E-state index is 0.0886. The van der Waals surface area contributed by atoms with Crippen LogP contribution in [0.5, 0.6) is 0 Å². The molecule has 1 rings (SSSR count). The maximum Gasteiger partial charge on any atom is 0.272 e. The summed E-state index contributed by atoms with van der Waals surface area (Å²) in [6, 6.07) is 4.92. The smallest absolute Gasteiger partial charge is 0.272 e. The Hall–Kier alpha value is -1.99. The van der Waals surface area contributed by atoms with Crippen molar-refractivity contribution in [3.05, 3.63) is 39.4 Å². The van der Waals surface area contributed by atoms with Gasteiger partial charge in [-0.2, -0.15) is 0 Å². The van der Waals surface area contributed by atoms with Gasteiger partial charge in [-0.05, 0) is 19.4 Å². The van der Waals surface area contributed by atoms with E-state index in [0.29, 0.717) is 18.7 Å². The van der Waals surface area contributed by atoms with Crippen LogP contribution in [0.4, 0.5) is 5.69 Å². The van der Waals surface area contributed by atoms with Crippen LogP contribution in [0.3, 0.4) is 0 Å². The molecule has 0 spiro atoms. The lowest BCUT2D eigenvalue weighted by molar-refractivity contribution is -0.385. The van der Waals surface area contributed by atoms with Gasteiger partial charge in [-0.3, -0.25) is 14.9 Å². The molecule has 0 radical (unpaired) electrons. The van der Waals surface area contributed by atoms with E-state index in [4.69, 9.17) is 4.74 Å². The number of rotatable bonds is 8. The van der Waals surface area contributed by atoms with E-state index in [2.05, 4.69) is 10.6 Å². The maximum absolute atomic E-state index is 11.5. The van der Waals surface area contributed by atoms with E-state index < -0.39 is 4.92 Å². The molecule has 7 nitrogen and oxygen atoms in total. The molecule has 0 aliphatic heterocycles. The van der Waals surface area contributed by atoms with Gasteiger partial charge in [0.15, 0.2) is 0 Å². The minimum atomic E-state index is -0.400. The van der Waals surface area contributed by atoms with Gasteiger partial charge in [0.25, 0.3) is 5.69 Å². The molecule has 0 saturated heterocycles. The molecule has 1 unspecified atom stereocenters. The molecule has 116 valence electrons. The summed E-state index contributed by atoms with van der Waals surface area (Å²) in [6.07, 6.45) is 0. The molecule has 2 N–H and O–H groups in total. The first kappa shape index (κ1) is 17.1. The highest BCUT2D eigenvalue weighted by molar-refractivity contribution is 5.78. The molecule has 0 bridgehead atoms. The molecule has 1 atom stereocenters. The van der Waals surface area contributed by atoms with E-state index in [9.17, 15) is 14.9 Å². The Kier molecular flexibility index (Phi) is 6.77. The first-order valence-electron chi connectivity index (χ1n) is 6.69. The third-order valence-corrected chi connectivity index (χ3v) is 3.13. The lowest BCUT2D eigenvalue weighted by Gasteiger charge is -2.14. The van der Waals surface area contributed by atoms with Crippen LogP contribution in [-0.2, 0) is 9.53 Å². The first-order chi connectivity index (χ1) is 9.95. The number of methoxy groups -OCH3 is 1. The summed E-state index contributed by atoms with van der Waals surface area (Å²) in [7, 11) is 1.57. The molecule has 0 aliphatic rings. The zero-order chi connectivity index (χ0) is 15.8. The van der Waals surface area contributed by atoms with Crippen LogP contribution in [-0.4, -0.2) is 37.6 Å². The van der Waals surface area contributed by atoms with Gasteiger partial charge in [-0.25, -0.2) is 0 Å². The van der Waals surface area contributed by atoms with Crippen LogP contribution >= 0.6 is 0 Å². The van der Waals surface area contributed by atoms with E-state index in [1.54, 1.807) is 20.1 Å². The zero-order valence-corrected chi connectivity index (χ0v) is 12.5. The van der Waals surface area contributed by atoms with Crippen molar-refractivity contribution >= 4 is 11.6 Å². The fourth-order valence-electron chi connectivity index (χ4n) is 1.81. The van der Waals surface area contributed by atoms with Crippen molar-refractivity contribution < 1.29 is 14.5 Å². The Labute approximate surface area is 123 Å². The van der Waals surface area contributed by atoms with Crippen LogP contribution in [0, 0.1) is 17.0 Å². The van der Waals surface area contributed by atoms with E-state index in [-0.39, 0.29) is 24.2 Å². The predicted octanol–water partition coefficient (Wildman–Crippen LogP) is 1.32. The predicted molar refractivity (Wildman–Crippen MR) is 79.1 cm³/mol. The number of aryl methyl sites for hydroxylation is 1. The fraction of sp³-hybridized carbons (Fsp3) is 0.500. The van der Waals surface area contributed by atoms with Crippen LogP contribution in [0.1, 0.15) is 24.1 Å². The number of nitro groups is 1. The first-order valence-corrected chi connectivity index (χ1v) is 6.69. The molecule has 1 aromatic rings. The summed E-state index contributed by atoms with van der Waals surface area (Å²) in [6.45, 7) is 4.62. The maximum atomic E-state index is 11.5. The van der Waals surface area contributed by atoms with Gasteiger partial charge in [0.1, 0.15) is 0 Å². The number of hydrogen-bond acceptors (Lipinski definition) is 5. The summed E-state index contributed by atoms with van der Waals surface area (Å²) in [4.78, 5) is 22.1. The number of nitrogens with zero attached hydrogens (tertiary/aromatic N) is 1. The number of benzene rings is 1. The Morgan fingerprint density at radius 3 is 2.81 bits per heavy atom. The number of nitrogens with one attached hydrogen (secondary N) is 2. The average Bonchev–Trinajstić information content (AvgIpc) is 2.45. The van der Waals surface area contributed by atoms with Gasteiger partial charge < -0.3 is 15.4 Å². The molecule has 1 amide bonds. The van der Waals surface area contributed by atoms with Gasteiger partial charge in [0, 0.05) is 31.3 Å². The van der Waals surface area contributed by atoms with Crippen molar-refractivity contribution in [2.45, 2.75) is 19.9 Å². The standard InChI is InChI=1S/C14H21N3O4/c1-10-4-5-12(8-13(10)17(19)20)11(2)16-9-14(18)15-6-7-21-3/h4-5,8,11,16H,6-7,9H2,1-3H3,(H,15,18). The highest BCUT2D eigenvalue weighted by atomic mass is 16.6. The van der Waals surface area contributed by atoms with Gasteiger partial charge in [-0.1, -0.05) is 12.1 Å². The Balaban J connectivity index is 2.56. The van der Waals surface area contributed by atoms with Crippen molar-refractivity contribution in [3.63, 3.8) is 0 Å². The number of ether oxygens (including phenoxy) is 1. The van der Waals surface area contributed by atoms with E-state index in [1.165, 1.54) is 6.07 Å². The minimum Gasteiger partial charge on any atom is -0.383 e. The van der Waals surface area contributed by atoms with Crippen LogP contribution in [0.2, 0.25) is 0 Å². The summed E-state index contributed by atoms with van der Waals surface area (Å²) < 4.78 is 4.83. The van der Waals surface area contributed by atoms with Crippen molar-refractivity contribution in [2.24, 2.45) is 0 Å². The second-order valence-electron chi connectivity index (χ2n) is 4.75. The molecule has 0 heterocycles. The van der Waals surface area contributed by atoms with Crippen molar-refractivity contribution in [3.8, 4) is 0 Å². The SMILES string of the molecule is COCCNC(=O)CNC(C)c1ccc(C)c([N+](=O)[O-])c1. The second kappa shape index (κ2) is 8.33. The lowest BCUT2D eigenvalue weighted by Crippen LogP contribution is -2.36. The number of hydrogen-bond donors (Lipinski definition) is 2. The molecular formula is C14H21N3O4. The monoisotopic (exact) mass is 295 g/mol. The van der Waals surface area contributed by atoms with E-state index >= 15 is 0 Å². The molecule has 0 fully saturated rings. The van der Waals surface area contributed by atoms with Crippen molar-refractivity contribution in [1.82, 2.24) is 10.6 Å². The Bertz CT molecular complexity index is 505. The van der Waals surface area contributed by atoms with Gasteiger partial charge in [-0.15, -0.1) is 0 Å². The molecule has 0 saturated carbocycles. The topological polar surface area (TPSA) is 93.5 Å². The summed E-state index contributed by atoms with van der Waals surface area (Å²) in [5.74, 6) is -0.138. The van der Waals surface area contributed by atoms with Crippen molar-refractivity contribution in [1.29, 1.82) is 0 Å². The molecule has 0 aliphatic carbocycles. The zero-order valence-electron chi connectivity index (χ0n) is 12.5. The summed E-state index contributed by atoms with van der Waals surface area (Å²) in [5, 5.41) is 16.6. The van der Waals surface area contributed by atoms with Crippen LogP contribution < -0.4 is 10.6 Å². The van der Waals surface area contributed by atoms with Gasteiger partial charge in [0.2, 0.25) is 5.91 Å². The van der Waals surface area contributed by atoms with Crippen LogP contribution in [0.25, 0.3) is 0 Å². The quantitative estimate of drug-likeness (QED) is 0.428. The lowest BCUT2D eigenvalue weighted by atomic mass is 10.0. The van der Waals surface area contributed by atoms with Gasteiger partial charge >= 0.3 is 0 Å². The van der Waals surface area contributed by atoms with Crippen molar-refractivity contribution in [2.75, 3.05) is 26.8 Å². The highest BCUT2D eigenvalue weighted by Gasteiger charge is 2.14. The number of carbonyl (C=O) groups is 1. The second-order valence-corrected chi connectivity index (χ2v) is 4.75. The Morgan fingerprint density at radius 2 is 2.19 bits per heavy atom. The molecule has 7 heteroatoms. The largest absolute Gasteiger partial charge is 0.383 e. The van der Waals surface area contributed by atoms with E-state index in [0.717, 1.165) is 5.56 Å².